The summed E-state index contributed by atoms with van der Waals surface area (Å²) in [6, 6.07) is 59.8. The van der Waals surface area contributed by atoms with E-state index in [2.05, 4.69) is 13.2 Å². The third-order valence-corrected chi connectivity index (χ3v) is 11.6. The zero-order valence-electron chi connectivity index (χ0n) is 37.8. The highest BCUT2D eigenvalue weighted by Crippen LogP contribution is 2.42. The largest absolute Gasteiger partial charge is 0.464 e. The Balaban J connectivity index is 1.19. The average molecular weight is 905 g/mol. The minimum absolute atomic E-state index is 0.0919. The maximum atomic E-state index is 7.39. The molecule has 0 amide bonds. The molecular formula is C57H60O10. The maximum Gasteiger partial charge on any atom is 0.231 e. The number of ether oxygens (including phenoxy) is 10. The predicted molar refractivity (Wildman–Crippen MR) is 255 cm³/mol. The summed E-state index contributed by atoms with van der Waals surface area (Å²) in [4.78, 5) is 0. The fraction of sp³-hybridized carbons (Fsp3) is 0.298. The quantitative estimate of drug-likeness (QED) is 0.0517. The summed E-state index contributed by atoms with van der Waals surface area (Å²) in [7, 11) is 0. The van der Waals surface area contributed by atoms with Crippen molar-refractivity contribution in [1.29, 1.82) is 0 Å². The summed E-state index contributed by atoms with van der Waals surface area (Å²) in [6.45, 7) is 10.1. The summed E-state index contributed by atoms with van der Waals surface area (Å²) in [5, 5.41) is 0. The number of benzene rings is 6. The topological polar surface area (TPSA) is 92.3 Å². The Kier molecular flexibility index (Phi) is 17.7. The fourth-order valence-corrected chi connectivity index (χ4v) is 8.24. The zero-order chi connectivity index (χ0) is 45.9. The van der Waals surface area contributed by atoms with Gasteiger partial charge < -0.3 is 47.4 Å². The zero-order valence-corrected chi connectivity index (χ0v) is 37.8. The molecule has 67 heavy (non-hydrogen) atoms. The van der Waals surface area contributed by atoms with Gasteiger partial charge in [-0.3, -0.25) is 0 Å². The lowest BCUT2D eigenvalue weighted by atomic mass is 10.0. The molecule has 2 heterocycles. The van der Waals surface area contributed by atoms with Crippen LogP contribution in [0.2, 0.25) is 0 Å². The van der Waals surface area contributed by atoms with Crippen LogP contribution in [-0.4, -0.2) is 68.5 Å². The van der Waals surface area contributed by atoms with E-state index in [-0.39, 0.29) is 52.9 Å². The Morgan fingerprint density at radius 1 is 0.463 bits per heavy atom. The Bertz CT molecular complexity index is 2340. The van der Waals surface area contributed by atoms with Gasteiger partial charge in [-0.2, -0.15) is 0 Å². The molecule has 0 aromatic heterocycles. The molecule has 2 fully saturated rings. The normalized spacial score (nSPS) is 23.7. The summed E-state index contributed by atoms with van der Waals surface area (Å²) in [5.41, 5.74) is 5.85. The lowest BCUT2D eigenvalue weighted by Gasteiger charge is -2.46. The Morgan fingerprint density at radius 3 is 1.33 bits per heavy atom. The van der Waals surface area contributed by atoms with Gasteiger partial charge in [0.05, 0.1) is 52.9 Å². The van der Waals surface area contributed by atoms with E-state index in [0.29, 0.717) is 12.4 Å². The van der Waals surface area contributed by atoms with Crippen molar-refractivity contribution in [2.75, 3.05) is 19.8 Å². The van der Waals surface area contributed by atoms with E-state index in [4.69, 9.17) is 47.4 Å². The van der Waals surface area contributed by atoms with E-state index in [1.54, 1.807) is 6.08 Å². The molecule has 0 N–H and O–H groups in total. The molecule has 10 heteroatoms. The first-order valence-corrected chi connectivity index (χ1v) is 22.9. The van der Waals surface area contributed by atoms with Gasteiger partial charge in [-0.25, -0.2) is 0 Å². The van der Waals surface area contributed by atoms with E-state index in [9.17, 15) is 0 Å². The second-order valence-electron chi connectivity index (χ2n) is 16.6. The molecular weight excluding hydrogens is 845 g/mol. The molecule has 2 saturated heterocycles. The first-order valence-electron chi connectivity index (χ1n) is 22.9. The van der Waals surface area contributed by atoms with E-state index >= 15 is 0 Å². The van der Waals surface area contributed by atoms with Crippen molar-refractivity contribution in [3.05, 3.63) is 240 Å². The lowest BCUT2D eigenvalue weighted by Crippen LogP contribution is -2.61. The SMILES string of the molecule is C=CCO[C@@H]1C(=C)O[C@H](O[C@]2(COCc3ccccc3)O[C@H](COCc3ccccc3)[C@@H](OCc3ccccc3)[C@@H]2OCc2ccccc2)[C@H](OCc2ccccc2)[C@H]1OCc1ccccc1. The van der Waals surface area contributed by atoms with Crippen LogP contribution in [0.3, 0.4) is 0 Å². The Labute approximate surface area is 394 Å². The monoisotopic (exact) mass is 904 g/mol. The summed E-state index contributed by atoms with van der Waals surface area (Å²) >= 11 is 0. The number of hydrogen-bond donors (Lipinski definition) is 0. The molecule has 0 radical (unpaired) electrons. The maximum absolute atomic E-state index is 7.39. The van der Waals surface area contributed by atoms with Crippen molar-refractivity contribution >= 4 is 0 Å². The van der Waals surface area contributed by atoms with E-state index in [0.717, 1.165) is 33.4 Å². The van der Waals surface area contributed by atoms with Gasteiger partial charge in [0.1, 0.15) is 49.0 Å². The molecule has 2 aliphatic heterocycles. The van der Waals surface area contributed by atoms with Crippen molar-refractivity contribution in [3.8, 4) is 0 Å². The highest BCUT2D eigenvalue weighted by Gasteiger charge is 2.61. The highest BCUT2D eigenvalue weighted by atomic mass is 16.8. The van der Waals surface area contributed by atoms with Gasteiger partial charge in [0.25, 0.3) is 0 Å². The number of hydrogen-bond acceptors (Lipinski definition) is 10. The van der Waals surface area contributed by atoms with Crippen LogP contribution < -0.4 is 0 Å². The molecule has 0 spiro atoms. The van der Waals surface area contributed by atoms with E-state index < -0.39 is 48.7 Å². The van der Waals surface area contributed by atoms with E-state index in [1.165, 1.54) is 0 Å². The van der Waals surface area contributed by atoms with Crippen LogP contribution in [-0.2, 0) is 87.0 Å². The predicted octanol–water partition coefficient (Wildman–Crippen LogP) is 10.3. The molecule has 6 aromatic rings. The van der Waals surface area contributed by atoms with Gasteiger partial charge in [-0.1, -0.05) is 195 Å². The minimum atomic E-state index is -1.68. The highest BCUT2D eigenvalue weighted by molar-refractivity contribution is 5.19. The van der Waals surface area contributed by atoms with Crippen LogP contribution in [0.15, 0.2) is 207 Å². The second kappa shape index (κ2) is 24.8. The summed E-state index contributed by atoms with van der Waals surface area (Å²) in [6.07, 6.45) is -4.22. The van der Waals surface area contributed by atoms with Gasteiger partial charge in [0.2, 0.25) is 12.1 Å². The van der Waals surface area contributed by atoms with Crippen LogP contribution in [0.4, 0.5) is 0 Å². The van der Waals surface area contributed by atoms with Gasteiger partial charge in [-0.15, -0.1) is 6.58 Å². The van der Waals surface area contributed by atoms with Gasteiger partial charge in [0, 0.05) is 0 Å². The van der Waals surface area contributed by atoms with Gasteiger partial charge in [0.15, 0.2) is 0 Å². The van der Waals surface area contributed by atoms with Gasteiger partial charge >= 0.3 is 0 Å². The third kappa shape index (κ3) is 13.5. The Hall–Kier alpha value is -5.76. The summed E-state index contributed by atoms with van der Waals surface area (Å²) in [5.74, 6) is -1.38. The van der Waals surface area contributed by atoms with Crippen LogP contribution in [0.5, 0.6) is 0 Å². The molecule has 6 aromatic carbocycles. The van der Waals surface area contributed by atoms with E-state index in [1.807, 2.05) is 182 Å². The van der Waals surface area contributed by atoms with Crippen molar-refractivity contribution < 1.29 is 47.4 Å². The molecule has 0 aliphatic carbocycles. The van der Waals surface area contributed by atoms with Crippen molar-refractivity contribution in [2.24, 2.45) is 0 Å². The van der Waals surface area contributed by atoms with Gasteiger partial charge in [-0.05, 0) is 33.4 Å². The first-order chi connectivity index (χ1) is 33.1. The molecule has 8 rings (SSSR count). The first kappa shape index (κ1) is 47.7. The molecule has 2 aliphatic rings. The van der Waals surface area contributed by atoms with Crippen LogP contribution in [0.1, 0.15) is 33.4 Å². The number of rotatable bonds is 25. The van der Waals surface area contributed by atoms with Crippen molar-refractivity contribution in [1.82, 2.24) is 0 Å². The molecule has 10 nitrogen and oxygen atoms in total. The van der Waals surface area contributed by atoms with Crippen molar-refractivity contribution in [2.45, 2.75) is 88.3 Å². The second-order valence-corrected chi connectivity index (χ2v) is 16.6. The smallest absolute Gasteiger partial charge is 0.231 e. The summed E-state index contributed by atoms with van der Waals surface area (Å²) < 4.78 is 68.5. The Morgan fingerprint density at radius 2 is 0.866 bits per heavy atom. The third-order valence-electron chi connectivity index (χ3n) is 11.6. The standard InChI is InChI=1S/C57H60O10/c1-3-34-60-51-43(2)65-56(54(63-39-48-30-18-8-19-31-48)53(51)62-38-47-28-16-7-17-29-47)67-57(42-59-36-45-24-12-5-13-25-45)55(64-40-49-32-20-9-21-33-49)52(61-37-46-26-14-6-15-27-46)50(66-57)41-58-35-44-22-10-4-11-23-44/h3-33,50-56H,1-2,34-42H2/t50-,51-,52-,53+,54-,55+,56-,57+/m1/s1. The molecule has 8 atom stereocenters. The molecule has 0 unspecified atom stereocenters. The minimum Gasteiger partial charge on any atom is -0.464 e. The van der Waals surface area contributed by atoms with Crippen LogP contribution >= 0.6 is 0 Å². The lowest BCUT2D eigenvalue weighted by molar-refractivity contribution is -0.374. The molecule has 348 valence electrons. The molecule has 0 saturated carbocycles. The van der Waals surface area contributed by atoms with Crippen molar-refractivity contribution in [3.63, 3.8) is 0 Å². The van der Waals surface area contributed by atoms with Crippen LogP contribution in [0.25, 0.3) is 0 Å². The average Bonchev–Trinajstić information content (AvgIpc) is 3.66. The van der Waals surface area contributed by atoms with Crippen LogP contribution in [0, 0.1) is 0 Å². The molecule has 0 bridgehead atoms. The fourth-order valence-electron chi connectivity index (χ4n) is 8.24.